The molecule has 5 rings (SSSR count). The van der Waals surface area contributed by atoms with E-state index in [0.717, 1.165) is 19.2 Å². The molecule has 1 saturated heterocycles. The predicted molar refractivity (Wildman–Crippen MR) is 139 cm³/mol. The number of piperazine rings is 1. The van der Waals surface area contributed by atoms with Gasteiger partial charge in [0.25, 0.3) is 5.56 Å². The summed E-state index contributed by atoms with van der Waals surface area (Å²) in [7, 11) is 1.98. The number of anilines is 4. The van der Waals surface area contributed by atoms with Gasteiger partial charge in [0, 0.05) is 32.4 Å². The van der Waals surface area contributed by atoms with Crippen LogP contribution in [0.1, 0.15) is 0 Å². The van der Waals surface area contributed by atoms with E-state index in [-0.39, 0.29) is 34.2 Å². The lowest BCUT2D eigenvalue weighted by Crippen LogP contribution is -2.44. The highest BCUT2D eigenvalue weighted by atomic mass is 19.2. The van der Waals surface area contributed by atoms with Gasteiger partial charge in [0.1, 0.15) is 23.3 Å². The van der Waals surface area contributed by atoms with Crippen molar-refractivity contribution in [2.75, 3.05) is 48.8 Å². The zero-order valence-electron chi connectivity index (χ0n) is 20.4. The first-order chi connectivity index (χ1) is 18.3. The number of hydrogen-bond acceptors (Lipinski definition) is 9. The van der Waals surface area contributed by atoms with Gasteiger partial charge in [-0.1, -0.05) is 12.6 Å². The molecule has 0 atom stereocenters. The average Bonchev–Trinajstić information content (AvgIpc) is 2.92. The van der Waals surface area contributed by atoms with E-state index < -0.39 is 23.1 Å². The lowest BCUT2D eigenvalue weighted by Gasteiger charge is -2.34. The van der Waals surface area contributed by atoms with Crippen LogP contribution < -0.4 is 21.1 Å². The van der Waals surface area contributed by atoms with Crippen LogP contribution in [0.4, 0.5) is 31.9 Å². The largest absolute Gasteiger partial charge is 0.367 e. The van der Waals surface area contributed by atoms with Crippen molar-refractivity contribution < 1.29 is 13.6 Å². The molecule has 1 aliphatic rings. The minimum atomic E-state index is -1.07. The number of halogens is 2. The maximum Gasteiger partial charge on any atom is 0.283 e. The van der Waals surface area contributed by atoms with E-state index in [1.54, 1.807) is 23.1 Å². The van der Waals surface area contributed by atoms with E-state index in [2.05, 4.69) is 42.0 Å². The number of amides is 1. The second-order valence-electron chi connectivity index (χ2n) is 8.60. The van der Waals surface area contributed by atoms with Gasteiger partial charge in [-0.3, -0.25) is 14.2 Å². The van der Waals surface area contributed by atoms with Crippen molar-refractivity contribution in [2.24, 2.45) is 0 Å². The van der Waals surface area contributed by atoms with Crippen molar-refractivity contribution in [3.05, 3.63) is 77.5 Å². The summed E-state index contributed by atoms with van der Waals surface area (Å²) in [5, 5.41) is 5.33. The molecule has 1 aliphatic heterocycles. The van der Waals surface area contributed by atoms with E-state index in [4.69, 9.17) is 0 Å². The van der Waals surface area contributed by atoms with Crippen LogP contribution in [-0.2, 0) is 4.79 Å². The summed E-state index contributed by atoms with van der Waals surface area (Å²) in [5.74, 6) is -2.01. The number of fused-ring (bicyclic) bond motifs is 1. The first-order valence-electron chi connectivity index (χ1n) is 11.7. The maximum atomic E-state index is 15.0. The Morgan fingerprint density at radius 2 is 1.84 bits per heavy atom. The first kappa shape index (κ1) is 24.9. The molecule has 4 aromatic rings. The molecule has 0 spiro atoms. The van der Waals surface area contributed by atoms with Gasteiger partial charge in [-0.25, -0.2) is 18.7 Å². The lowest BCUT2D eigenvalue weighted by molar-refractivity contribution is -0.111. The van der Waals surface area contributed by atoms with Gasteiger partial charge >= 0.3 is 0 Å². The Morgan fingerprint density at radius 1 is 1.05 bits per heavy atom. The predicted octanol–water partition coefficient (Wildman–Crippen LogP) is 2.47. The zero-order chi connectivity index (χ0) is 26.8. The van der Waals surface area contributed by atoms with Gasteiger partial charge in [-0.05, 0) is 37.4 Å². The molecule has 0 saturated carbocycles. The van der Waals surface area contributed by atoms with Crippen LogP contribution >= 0.6 is 0 Å². The smallest absolute Gasteiger partial charge is 0.283 e. The molecule has 11 nitrogen and oxygen atoms in total. The molecule has 13 heteroatoms. The van der Waals surface area contributed by atoms with Crippen molar-refractivity contribution >= 4 is 40.1 Å². The minimum Gasteiger partial charge on any atom is -0.367 e. The van der Waals surface area contributed by atoms with Crippen molar-refractivity contribution in [1.82, 2.24) is 29.4 Å². The molecule has 3 aromatic heterocycles. The van der Waals surface area contributed by atoms with Crippen LogP contribution in [0.25, 0.3) is 16.9 Å². The number of aromatic nitrogens is 5. The highest BCUT2D eigenvalue weighted by Crippen LogP contribution is 2.29. The Hall–Kier alpha value is -4.78. The topological polar surface area (TPSA) is 121 Å². The number of likely N-dealkylation sites (N-methyl/N-ethyl adjacent to an activating group) is 1. The number of pyridine rings is 1. The van der Waals surface area contributed by atoms with Gasteiger partial charge in [0.2, 0.25) is 11.9 Å². The number of carbonyl (C=O) groups excluding carboxylic acids is 1. The molecule has 38 heavy (non-hydrogen) atoms. The highest BCUT2D eigenvalue weighted by molar-refractivity contribution is 5.98. The Kier molecular flexibility index (Phi) is 6.75. The number of nitrogens with zero attached hydrogens (tertiary/aromatic N) is 7. The molecule has 0 bridgehead atoms. The fourth-order valence-corrected chi connectivity index (χ4v) is 4.02. The summed E-state index contributed by atoms with van der Waals surface area (Å²) >= 11 is 0. The molecular formula is C25H23F2N9O2. The Labute approximate surface area is 215 Å². The van der Waals surface area contributed by atoms with Crippen LogP contribution in [0.3, 0.4) is 0 Å². The fourth-order valence-electron chi connectivity index (χ4n) is 4.02. The Morgan fingerprint density at radius 3 is 2.61 bits per heavy atom. The highest BCUT2D eigenvalue weighted by Gasteiger charge is 2.22. The summed E-state index contributed by atoms with van der Waals surface area (Å²) in [6, 6.07) is 7.78. The van der Waals surface area contributed by atoms with Crippen molar-refractivity contribution in [3.63, 3.8) is 0 Å². The van der Waals surface area contributed by atoms with Gasteiger partial charge in [-0.15, -0.1) is 0 Å². The molecule has 0 radical (unpaired) electrons. The molecular weight excluding hydrogens is 496 g/mol. The summed E-state index contributed by atoms with van der Waals surface area (Å²) in [5.41, 5.74) is -0.422. The first-order valence-corrected chi connectivity index (χ1v) is 11.7. The van der Waals surface area contributed by atoms with Crippen LogP contribution in [0.2, 0.25) is 0 Å². The quantitative estimate of drug-likeness (QED) is 0.370. The van der Waals surface area contributed by atoms with Crippen molar-refractivity contribution in [3.8, 4) is 5.82 Å². The van der Waals surface area contributed by atoms with Gasteiger partial charge in [0.15, 0.2) is 17.3 Å². The van der Waals surface area contributed by atoms with E-state index in [1.807, 2.05) is 7.05 Å². The Bertz CT molecular complexity index is 1600. The molecule has 194 valence electrons. The van der Waals surface area contributed by atoms with Gasteiger partial charge < -0.3 is 20.4 Å². The lowest BCUT2D eigenvalue weighted by atomic mass is 10.2. The second kappa shape index (κ2) is 10.3. The number of hydrogen-bond donors (Lipinski definition) is 2. The molecule has 0 unspecified atom stereocenters. The molecule has 0 aliphatic carbocycles. The Balaban J connectivity index is 1.48. The minimum absolute atomic E-state index is 0.0707. The van der Waals surface area contributed by atoms with Gasteiger partial charge in [0.05, 0.1) is 11.4 Å². The summed E-state index contributed by atoms with van der Waals surface area (Å²) < 4.78 is 31.4. The standard InChI is InChI=1S/C25H23F2N9O2/c1-3-20(37)32-18-5-4-6-19(31-18)36-14-29-24(38)15-13-28-25(33-23(15)36)30-16-7-8-17(22(27)21(16)26)35-11-9-34(2)10-12-35/h3-8,13-14H,1,9-12H2,2H3,(H,28,30,33)(H,31,32,37). The van der Waals surface area contributed by atoms with E-state index in [9.17, 15) is 14.0 Å². The maximum absolute atomic E-state index is 15.0. The number of benzene rings is 1. The molecule has 2 N–H and O–H groups in total. The van der Waals surface area contributed by atoms with Crippen molar-refractivity contribution in [1.29, 1.82) is 0 Å². The molecule has 4 heterocycles. The van der Waals surface area contributed by atoms with E-state index in [1.165, 1.54) is 29.2 Å². The van der Waals surface area contributed by atoms with Crippen LogP contribution in [0, 0.1) is 11.6 Å². The normalized spacial score (nSPS) is 13.9. The van der Waals surface area contributed by atoms with Crippen LogP contribution in [0.5, 0.6) is 0 Å². The SMILES string of the molecule is C=CC(=O)Nc1cccc(-n2cnc(=O)c3cnc(Nc4ccc(N5CCN(C)CC5)c(F)c4F)nc32)n1. The second-order valence-corrected chi connectivity index (χ2v) is 8.60. The van der Waals surface area contributed by atoms with Crippen LogP contribution in [0.15, 0.2) is 60.3 Å². The summed E-state index contributed by atoms with van der Waals surface area (Å²) in [6.45, 7) is 6.09. The van der Waals surface area contributed by atoms with Gasteiger partial charge in [-0.2, -0.15) is 9.97 Å². The van der Waals surface area contributed by atoms with Crippen molar-refractivity contribution in [2.45, 2.75) is 0 Å². The number of nitrogens with one attached hydrogen (secondary N) is 2. The third-order valence-electron chi connectivity index (χ3n) is 6.09. The number of rotatable bonds is 6. The fraction of sp³-hybridized carbons (Fsp3) is 0.200. The number of carbonyl (C=O) groups is 1. The zero-order valence-corrected chi connectivity index (χ0v) is 20.4. The average molecular weight is 520 g/mol. The molecule has 1 fully saturated rings. The van der Waals surface area contributed by atoms with E-state index >= 15 is 4.39 Å². The summed E-state index contributed by atoms with van der Waals surface area (Å²) in [4.78, 5) is 44.6. The summed E-state index contributed by atoms with van der Waals surface area (Å²) in [6.07, 6.45) is 3.58. The monoisotopic (exact) mass is 519 g/mol. The van der Waals surface area contributed by atoms with Crippen LogP contribution in [-0.4, -0.2) is 68.5 Å². The van der Waals surface area contributed by atoms with E-state index in [0.29, 0.717) is 18.9 Å². The third kappa shape index (κ3) is 4.91. The molecule has 1 amide bonds. The third-order valence-corrected chi connectivity index (χ3v) is 6.09. The molecule has 1 aromatic carbocycles.